The molecule has 2 N–H and O–H groups in total. The number of rotatable bonds is 4. The van der Waals surface area contributed by atoms with E-state index in [0.29, 0.717) is 23.4 Å². The zero-order chi connectivity index (χ0) is 13.9. The van der Waals surface area contributed by atoms with Gasteiger partial charge < -0.3 is 10.3 Å². The SMILES string of the molecule is NC(=S)c1nccn1Cc1ccn(C2CCCCC2)n1. The van der Waals surface area contributed by atoms with Crippen LogP contribution < -0.4 is 5.73 Å². The zero-order valence-corrected chi connectivity index (χ0v) is 12.2. The van der Waals surface area contributed by atoms with Gasteiger partial charge in [0.25, 0.3) is 0 Å². The molecular formula is C14H19N5S. The second kappa shape index (κ2) is 5.75. The van der Waals surface area contributed by atoms with E-state index in [0.717, 1.165) is 5.69 Å². The van der Waals surface area contributed by atoms with Crippen LogP contribution in [0.3, 0.4) is 0 Å². The van der Waals surface area contributed by atoms with Crippen molar-refractivity contribution in [2.45, 2.75) is 44.7 Å². The molecule has 2 heterocycles. The number of nitrogens with zero attached hydrogens (tertiary/aromatic N) is 4. The van der Waals surface area contributed by atoms with E-state index >= 15 is 0 Å². The lowest BCUT2D eigenvalue weighted by Crippen LogP contribution is -2.18. The lowest BCUT2D eigenvalue weighted by molar-refractivity contribution is 0.328. The first-order chi connectivity index (χ1) is 9.74. The lowest BCUT2D eigenvalue weighted by Gasteiger charge is -2.21. The van der Waals surface area contributed by atoms with Crippen LogP contribution in [0, 0.1) is 0 Å². The van der Waals surface area contributed by atoms with E-state index in [1.165, 1.54) is 32.1 Å². The van der Waals surface area contributed by atoms with E-state index in [4.69, 9.17) is 23.1 Å². The van der Waals surface area contributed by atoms with Crippen molar-refractivity contribution in [1.82, 2.24) is 19.3 Å². The van der Waals surface area contributed by atoms with Gasteiger partial charge in [0.05, 0.1) is 18.3 Å². The minimum atomic E-state index is 0.321. The van der Waals surface area contributed by atoms with E-state index in [-0.39, 0.29) is 0 Å². The van der Waals surface area contributed by atoms with Gasteiger partial charge in [-0.1, -0.05) is 31.5 Å². The number of hydrogen-bond donors (Lipinski definition) is 1. The molecule has 2 aromatic rings. The molecule has 0 unspecified atom stereocenters. The van der Waals surface area contributed by atoms with Gasteiger partial charge in [0.1, 0.15) is 4.99 Å². The molecule has 5 nitrogen and oxygen atoms in total. The molecular weight excluding hydrogens is 270 g/mol. The van der Waals surface area contributed by atoms with Crippen molar-refractivity contribution in [2.24, 2.45) is 5.73 Å². The Labute approximate surface area is 123 Å². The highest BCUT2D eigenvalue weighted by atomic mass is 32.1. The van der Waals surface area contributed by atoms with Gasteiger partial charge in [0.15, 0.2) is 5.82 Å². The van der Waals surface area contributed by atoms with Crippen molar-refractivity contribution in [3.63, 3.8) is 0 Å². The highest BCUT2D eigenvalue weighted by Gasteiger charge is 2.16. The summed E-state index contributed by atoms with van der Waals surface area (Å²) in [7, 11) is 0. The molecule has 3 rings (SSSR count). The van der Waals surface area contributed by atoms with Crippen molar-refractivity contribution in [1.29, 1.82) is 0 Å². The van der Waals surface area contributed by atoms with Crippen molar-refractivity contribution >= 4 is 17.2 Å². The van der Waals surface area contributed by atoms with E-state index in [1.54, 1.807) is 6.20 Å². The number of thiocarbonyl (C=S) groups is 1. The lowest BCUT2D eigenvalue weighted by atomic mass is 9.96. The molecule has 0 atom stereocenters. The summed E-state index contributed by atoms with van der Waals surface area (Å²) < 4.78 is 4.06. The second-order valence-corrected chi connectivity index (χ2v) is 5.76. The first kappa shape index (κ1) is 13.3. The van der Waals surface area contributed by atoms with E-state index in [2.05, 4.69) is 21.9 Å². The average Bonchev–Trinajstić information content (AvgIpc) is 3.09. The maximum atomic E-state index is 5.66. The van der Waals surface area contributed by atoms with Crippen LogP contribution in [-0.2, 0) is 6.54 Å². The Morgan fingerprint density at radius 2 is 2.10 bits per heavy atom. The highest BCUT2D eigenvalue weighted by molar-refractivity contribution is 7.80. The van der Waals surface area contributed by atoms with Crippen LogP contribution in [0.2, 0.25) is 0 Å². The zero-order valence-electron chi connectivity index (χ0n) is 11.4. The molecule has 20 heavy (non-hydrogen) atoms. The van der Waals surface area contributed by atoms with Gasteiger partial charge in [-0.25, -0.2) is 4.98 Å². The first-order valence-electron chi connectivity index (χ1n) is 7.09. The smallest absolute Gasteiger partial charge is 0.167 e. The summed E-state index contributed by atoms with van der Waals surface area (Å²) in [5.41, 5.74) is 6.68. The largest absolute Gasteiger partial charge is 0.387 e. The molecule has 1 saturated carbocycles. The van der Waals surface area contributed by atoms with Gasteiger partial charge in [0.2, 0.25) is 0 Å². The van der Waals surface area contributed by atoms with Gasteiger partial charge in [-0.2, -0.15) is 5.10 Å². The molecule has 0 aliphatic heterocycles. The fourth-order valence-electron chi connectivity index (χ4n) is 2.85. The summed E-state index contributed by atoms with van der Waals surface area (Å²) in [4.78, 5) is 4.49. The third-order valence-electron chi connectivity index (χ3n) is 3.88. The van der Waals surface area contributed by atoms with Crippen molar-refractivity contribution < 1.29 is 0 Å². The molecule has 0 bridgehead atoms. The Morgan fingerprint density at radius 1 is 1.30 bits per heavy atom. The molecule has 0 aromatic carbocycles. The Balaban J connectivity index is 1.73. The number of aromatic nitrogens is 4. The maximum absolute atomic E-state index is 5.66. The molecule has 1 aliphatic rings. The van der Waals surface area contributed by atoms with Crippen LogP contribution in [0.25, 0.3) is 0 Å². The van der Waals surface area contributed by atoms with E-state index < -0.39 is 0 Å². The predicted octanol–water partition coefficient (Wildman–Crippen LogP) is 2.27. The number of imidazole rings is 1. The Kier molecular flexibility index (Phi) is 3.82. The summed E-state index contributed by atoms with van der Waals surface area (Å²) in [5, 5.41) is 4.69. The molecule has 1 fully saturated rings. The van der Waals surface area contributed by atoms with Crippen molar-refractivity contribution in [3.8, 4) is 0 Å². The van der Waals surface area contributed by atoms with Crippen molar-refractivity contribution in [2.75, 3.05) is 0 Å². The summed E-state index contributed by atoms with van der Waals surface area (Å²) in [6, 6.07) is 2.63. The number of nitrogens with two attached hydrogens (primary N) is 1. The predicted molar refractivity (Wildman–Crippen MR) is 81.6 cm³/mol. The molecule has 2 aromatic heterocycles. The second-order valence-electron chi connectivity index (χ2n) is 5.32. The van der Waals surface area contributed by atoms with E-state index in [1.807, 2.05) is 10.8 Å². The molecule has 1 aliphatic carbocycles. The molecule has 0 saturated heterocycles. The van der Waals surface area contributed by atoms with Gasteiger partial charge in [-0.05, 0) is 18.9 Å². The van der Waals surface area contributed by atoms with Crippen LogP contribution in [0.1, 0.15) is 49.7 Å². The summed E-state index contributed by atoms with van der Waals surface area (Å²) >= 11 is 5.00. The van der Waals surface area contributed by atoms with Gasteiger partial charge in [-0.15, -0.1) is 0 Å². The van der Waals surface area contributed by atoms with Gasteiger partial charge >= 0.3 is 0 Å². The Bertz CT molecular complexity index is 594. The van der Waals surface area contributed by atoms with E-state index in [9.17, 15) is 0 Å². The molecule has 0 spiro atoms. The standard InChI is InChI=1S/C14H19N5S/c15-13(20)14-16-7-9-18(14)10-11-6-8-19(17-11)12-4-2-1-3-5-12/h6-9,12H,1-5,10H2,(H2,15,20). The van der Waals surface area contributed by atoms with Crippen LogP contribution in [0.15, 0.2) is 24.7 Å². The third-order valence-corrected chi connectivity index (χ3v) is 4.06. The molecule has 6 heteroatoms. The van der Waals surface area contributed by atoms with Gasteiger partial charge in [0, 0.05) is 18.6 Å². The molecule has 106 valence electrons. The van der Waals surface area contributed by atoms with Crippen LogP contribution in [0.5, 0.6) is 0 Å². The normalized spacial score (nSPS) is 16.4. The van der Waals surface area contributed by atoms with Crippen LogP contribution in [0.4, 0.5) is 0 Å². The fourth-order valence-corrected chi connectivity index (χ4v) is 3.02. The summed E-state index contributed by atoms with van der Waals surface area (Å²) in [5.74, 6) is 0.646. The quantitative estimate of drug-likeness (QED) is 0.877. The summed E-state index contributed by atoms with van der Waals surface area (Å²) in [6.45, 7) is 0.659. The minimum Gasteiger partial charge on any atom is -0.387 e. The molecule has 0 radical (unpaired) electrons. The number of hydrogen-bond acceptors (Lipinski definition) is 3. The highest BCUT2D eigenvalue weighted by Crippen LogP contribution is 2.27. The monoisotopic (exact) mass is 289 g/mol. The average molecular weight is 289 g/mol. The van der Waals surface area contributed by atoms with Crippen molar-refractivity contribution in [3.05, 3.63) is 36.2 Å². The Morgan fingerprint density at radius 3 is 2.85 bits per heavy atom. The van der Waals surface area contributed by atoms with Crippen LogP contribution in [-0.4, -0.2) is 24.3 Å². The fraction of sp³-hybridized carbons (Fsp3) is 0.500. The Hall–Kier alpha value is -1.69. The van der Waals surface area contributed by atoms with Gasteiger partial charge in [-0.3, -0.25) is 4.68 Å². The van der Waals surface area contributed by atoms with Crippen LogP contribution >= 0.6 is 12.2 Å². The third kappa shape index (κ3) is 2.75. The first-order valence-corrected chi connectivity index (χ1v) is 7.50. The summed E-state index contributed by atoms with van der Waals surface area (Å²) in [6.07, 6.45) is 12.1. The maximum Gasteiger partial charge on any atom is 0.167 e. The molecule has 0 amide bonds. The minimum absolute atomic E-state index is 0.321. The topological polar surface area (TPSA) is 61.7 Å².